The number of aromatic nitrogens is 1. The molecule has 8 heteroatoms. The van der Waals surface area contributed by atoms with Gasteiger partial charge in [-0.05, 0) is 61.4 Å². The predicted molar refractivity (Wildman–Crippen MR) is 112 cm³/mol. The van der Waals surface area contributed by atoms with Gasteiger partial charge in [0.2, 0.25) is 0 Å². The summed E-state index contributed by atoms with van der Waals surface area (Å²) in [6.07, 6.45) is 4.70. The molecule has 0 saturated heterocycles. The second kappa shape index (κ2) is 8.66. The lowest BCUT2D eigenvalue weighted by Crippen LogP contribution is -2.19. The standard InChI is InChI=1S/C21H20N4O3S/c1-15-6-7-20(16(2)12-15)25-29(27,28)19-5-3-4-18(13-19)21(26)24-23-14-17-8-10-22-11-9-17/h3-14,25H,1-2H3,(H,24,26)/b23-14-. The Bertz CT molecular complexity index is 1160. The maximum atomic E-state index is 12.7. The van der Waals surface area contributed by atoms with Crippen LogP contribution in [0.3, 0.4) is 0 Å². The molecule has 0 spiro atoms. The van der Waals surface area contributed by atoms with Crippen molar-refractivity contribution < 1.29 is 13.2 Å². The van der Waals surface area contributed by atoms with E-state index in [9.17, 15) is 13.2 Å². The number of hydrazone groups is 1. The summed E-state index contributed by atoms with van der Waals surface area (Å²) in [4.78, 5) is 16.2. The molecule has 0 aliphatic carbocycles. The fraction of sp³-hybridized carbons (Fsp3) is 0.0952. The van der Waals surface area contributed by atoms with Crippen molar-refractivity contribution in [3.8, 4) is 0 Å². The van der Waals surface area contributed by atoms with Crippen molar-refractivity contribution in [2.75, 3.05) is 4.72 Å². The lowest BCUT2D eigenvalue weighted by molar-refractivity contribution is 0.0955. The molecule has 3 rings (SSSR count). The van der Waals surface area contributed by atoms with E-state index in [4.69, 9.17) is 0 Å². The van der Waals surface area contributed by atoms with Gasteiger partial charge >= 0.3 is 0 Å². The van der Waals surface area contributed by atoms with Gasteiger partial charge in [-0.25, -0.2) is 13.8 Å². The summed E-state index contributed by atoms with van der Waals surface area (Å²) in [6, 6.07) is 14.7. The SMILES string of the molecule is Cc1ccc(NS(=O)(=O)c2cccc(C(=O)N/N=C\c3ccncc3)c2)c(C)c1. The summed E-state index contributed by atoms with van der Waals surface area (Å²) >= 11 is 0. The van der Waals surface area contributed by atoms with Crippen LogP contribution in [0.15, 0.2) is 77.0 Å². The van der Waals surface area contributed by atoms with E-state index in [0.29, 0.717) is 5.69 Å². The number of nitrogens with one attached hydrogen (secondary N) is 2. The smallest absolute Gasteiger partial charge is 0.271 e. The number of sulfonamides is 1. The molecule has 0 aliphatic rings. The molecule has 1 amide bonds. The number of nitrogens with zero attached hydrogens (tertiary/aromatic N) is 2. The lowest BCUT2D eigenvalue weighted by Gasteiger charge is -2.12. The van der Waals surface area contributed by atoms with Crippen LogP contribution in [0.2, 0.25) is 0 Å². The van der Waals surface area contributed by atoms with Gasteiger partial charge < -0.3 is 0 Å². The van der Waals surface area contributed by atoms with Crippen LogP contribution in [0.4, 0.5) is 5.69 Å². The second-order valence-electron chi connectivity index (χ2n) is 6.43. The zero-order chi connectivity index (χ0) is 20.9. The number of carbonyl (C=O) groups is 1. The zero-order valence-electron chi connectivity index (χ0n) is 16.0. The highest BCUT2D eigenvalue weighted by Crippen LogP contribution is 2.21. The molecule has 7 nitrogen and oxygen atoms in total. The quantitative estimate of drug-likeness (QED) is 0.483. The van der Waals surface area contributed by atoms with E-state index in [1.807, 2.05) is 26.0 Å². The first-order valence-corrected chi connectivity index (χ1v) is 10.3. The van der Waals surface area contributed by atoms with Crippen molar-refractivity contribution in [1.82, 2.24) is 10.4 Å². The minimum Gasteiger partial charge on any atom is -0.279 e. The Hall–Kier alpha value is -3.52. The number of anilines is 1. The molecular formula is C21H20N4O3S. The Labute approximate surface area is 169 Å². The molecule has 0 aliphatic heterocycles. The molecular weight excluding hydrogens is 388 g/mol. The van der Waals surface area contributed by atoms with Crippen LogP contribution in [0.5, 0.6) is 0 Å². The van der Waals surface area contributed by atoms with Crippen LogP contribution in [0.1, 0.15) is 27.0 Å². The topological polar surface area (TPSA) is 101 Å². The summed E-state index contributed by atoms with van der Waals surface area (Å²) in [5.74, 6) is -0.515. The Morgan fingerprint density at radius 1 is 1.03 bits per heavy atom. The van der Waals surface area contributed by atoms with Gasteiger partial charge in [0.25, 0.3) is 15.9 Å². The zero-order valence-corrected chi connectivity index (χ0v) is 16.8. The average Bonchev–Trinajstić information content (AvgIpc) is 2.71. The van der Waals surface area contributed by atoms with Gasteiger partial charge in [-0.15, -0.1) is 0 Å². The van der Waals surface area contributed by atoms with Crippen molar-refractivity contribution in [3.05, 3.63) is 89.2 Å². The van der Waals surface area contributed by atoms with Crippen molar-refractivity contribution >= 4 is 27.8 Å². The molecule has 1 aromatic heterocycles. The van der Waals surface area contributed by atoms with Crippen LogP contribution < -0.4 is 10.1 Å². The monoisotopic (exact) mass is 408 g/mol. The minimum atomic E-state index is -3.84. The fourth-order valence-electron chi connectivity index (χ4n) is 2.62. The first-order valence-electron chi connectivity index (χ1n) is 8.79. The third kappa shape index (κ3) is 5.26. The van der Waals surface area contributed by atoms with Crippen molar-refractivity contribution in [1.29, 1.82) is 0 Å². The Morgan fingerprint density at radius 3 is 2.52 bits per heavy atom. The molecule has 1 heterocycles. The maximum absolute atomic E-state index is 12.7. The first-order chi connectivity index (χ1) is 13.8. The highest BCUT2D eigenvalue weighted by molar-refractivity contribution is 7.92. The predicted octanol–water partition coefficient (Wildman–Crippen LogP) is 3.26. The molecule has 148 valence electrons. The third-order valence-electron chi connectivity index (χ3n) is 4.12. The van der Waals surface area contributed by atoms with Crippen LogP contribution in [0, 0.1) is 13.8 Å². The summed E-state index contributed by atoms with van der Waals surface area (Å²) in [5.41, 5.74) is 5.68. The molecule has 0 atom stereocenters. The minimum absolute atomic E-state index is 0.0109. The van der Waals surface area contributed by atoms with Gasteiger partial charge in [0.05, 0.1) is 16.8 Å². The van der Waals surface area contributed by atoms with Gasteiger partial charge in [-0.3, -0.25) is 14.5 Å². The second-order valence-corrected chi connectivity index (χ2v) is 8.11. The van der Waals surface area contributed by atoms with Crippen LogP contribution in [0.25, 0.3) is 0 Å². The normalized spacial score (nSPS) is 11.4. The number of pyridine rings is 1. The fourth-order valence-corrected chi connectivity index (χ4v) is 3.79. The number of aryl methyl sites for hydroxylation is 2. The van der Waals surface area contributed by atoms with Crippen molar-refractivity contribution in [3.63, 3.8) is 0 Å². The molecule has 0 fully saturated rings. The summed E-state index contributed by atoms with van der Waals surface area (Å²) < 4.78 is 28.0. The number of benzene rings is 2. The van der Waals surface area contributed by atoms with E-state index in [0.717, 1.165) is 16.7 Å². The van der Waals surface area contributed by atoms with E-state index in [1.165, 1.54) is 30.5 Å². The summed E-state index contributed by atoms with van der Waals surface area (Å²) in [5, 5.41) is 3.88. The van der Waals surface area contributed by atoms with Gasteiger partial charge in [-0.1, -0.05) is 23.8 Å². The molecule has 2 N–H and O–H groups in total. The number of amides is 1. The Kier molecular flexibility index (Phi) is 6.04. The van der Waals surface area contributed by atoms with Gasteiger partial charge in [0.1, 0.15) is 0 Å². The Morgan fingerprint density at radius 2 is 1.79 bits per heavy atom. The van der Waals surface area contributed by atoms with E-state index in [-0.39, 0.29) is 10.5 Å². The number of carbonyl (C=O) groups excluding carboxylic acids is 1. The summed E-state index contributed by atoms with van der Waals surface area (Å²) in [7, 11) is -3.84. The van der Waals surface area contributed by atoms with Crippen molar-refractivity contribution in [2.24, 2.45) is 5.10 Å². The highest BCUT2D eigenvalue weighted by atomic mass is 32.2. The molecule has 29 heavy (non-hydrogen) atoms. The molecule has 3 aromatic rings. The van der Waals surface area contributed by atoms with Crippen molar-refractivity contribution in [2.45, 2.75) is 18.7 Å². The molecule has 0 saturated carbocycles. The van der Waals surface area contributed by atoms with E-state index in [1.54, 1.807) is 30.6 Å². The van der Waals surface area contributed by atoms with E-state index >= 15 is 0 Å². The van der Waals surface area contributed by atoms with Gasteiger partial charge in [0, 0.05) is 18.0 Å². The van der Waals surface area contributed by atoms with Crippen LogP contribution in [-0.2, 0) is 10.0 Å². The maximum Gasteiger partial charge on any atom is 0.271 e. The molecule has 0 unspecified atom stereocenters. The number of rotatable bonds is 6. The first kappa shape index (κ1) is 20.2. The van der Waals surface area contributed by atoms with E-state index in [2.05, 4.69) is 20.2 Å². The van der Waals surface area contributed by atoms with Crippen LogP contribution >= 0.6 is 0 Å². The number of hydrogen-bond acceptors (Lipinski definition) is 5. The average molecular weight is 408 g/mol. The molecule has 0 bridgehead atoms. The summed E-state index contributed by atoms with van der Waals surface area (Å²) in [6.45, 7) is 3.76. The molecule has 2 aromatic carbocycles. The third-order valence-corrected chi connectivity index (χ3v) is 5.48. The largest absolute Gasteiger partial charge is 0.279 e. The lowest BCUT2D eigenvalue weighted by atomic mass is 10.1. The van der Waals surface area contributed by atoms with Crippen LogP contribution in [-0.4, -0.2) is 25.5 Å². The Balaban J connectivity index is 1.75. The van der Waals surface area contributed by atoms with Gasteiger partial charge in [-0.2, -0.15) is 5.10 Å². The number of hydrogen-bond donors (Lipinski definition) is 2. The molecule has 0 radical (unpaired) electrons. The van der Waals surface area contributed by atoms with E-state index < -0.39 is 15.9 Å². The highest BCUT2D eigenvalue weighted by Gasteiger charge is 2.17. The van der Waals surface area contributed by atoms with Gasteiger partial charge in [0.15, 0.2) is 0 Å².